The Morgan fingerprint density at radius 2 is 1.22 bits per heavy atom. The molecule has 36 heavy (non-hydrogen) atoms. The SMILES string of the molecule is C=C(CO)C(=O)OCC(COC(=O)C(=C)CO)C1CCC(C2CCC(CCCCCCC)CC2)CC1. The number of rotatable bonds is 16. The van der Waals surface area contributed by atoms with Crippen LogP contribution < -0.4 is 0 Å². The summed E-state index contributed by atoms with van der Waals surface area (Å²) < 4.78 is 10.8. The van der Waals surface area contributed by atoms with Crippen molar-refractivity contribution in [1.29, 1.82) is 0 Å². The number of carbonyl (C=O) groups is 2. The second-order valence-electron chi connectivity index (χ2n) is 11.1. The Morgan fingerprint density at radius 1 is 0.750 bits per heavy atom. The molecule has 0 bridgehead atoms. The van der Waals surface area contributed by atoms with E-state index in [-0.39, 0.29) is 30.3 Å². The van der Waals surface area contributed by atoms with E-state index in [4.69, 9.17) is 19.7 Å². The molecule has 0 aromatic rings. The molecule has 6 heteroatoms. The van der Waals surface area contributed by atoms with Crippen molar-refractivity contribution >= 4 is 11.9 Å². The summed E-state index contributed by atoms with van der Waals surface area (Å²) in [5.74, 6) is 1.45. The van der Waals surface area contributed by atoms with Gasteiger partial charge in [0.05, 0.1) is 37.6 Å². The summed E-state index contributed by atoms with van der Waals surface area (Å²) in [6, 6.07) is 0. The Bertz CT molecular complexity index is 654. The molecule has 0 radical (unpaired) electrons. The van der Waals surface area contributed by atoms with E-state index in [1.54, 1.807) is 0 Å². The largest absolute Gasteiger partial charge is 0.462 e. The first kappa shape index (κ1) is 30.6. The van der Waals surface area contributed by atoms with Gasteiger partial charge >= 0.3 is 11.9 Å². The highest BCUT2D eigenvalue weighted by atomic mass is 16.5. The highest BCUT2D eigenvalue weighted by Gasteiger charge is 2.34. The molecule has 206 valence electrons. The fourth-order valence-corrected chi connectivity index (χ4v) is 6.09. The highest BCUT2D eigenvalue weighted by Crippen LogP contribution is 2.43. The van der Waals surface area contributed by atoms with Gasteiger partial charge in [0, 0.05) is 5.92 Å². The molecular weight excluding hydrogens is 456 g/mol. The monoisotopic (exact) mass is 506 g/mol. The first-order valence-corrected chi connectivity index (χ1v) is 14.3. The number of aliphatic hydroxyl groups is 2. The standard InChI is InChI=1S/C30H50O6/c1-4-5-6-7-8-9-24-10-12-25(13-11-24)26-14-16-27(17-15-26)28(20-35-29(33)22(2)18-31)21-36-30(34)23(3)19-32/h24-28,31-32H,2-21H2,1H3. The molecule has 2 aliphatic rings. The number of unbranched alkanes of at least 4 members (excludes halogenated alkanes) is 4. The first-order valence-electron chi connectivity index (χ1n) is 14.3. The van der Waals surface area contributed by atoms with E-state index in [0.29, 0.717) is 5.92 Å². The molecule has 0 saturated heterocycles. The second-order valence-corrected chi connectivity index (χ2v) is 11.1. The van der Waals surface area contributed by atoms with Crippen LogP contribution in [0.2, 0.25) is 0 Å². The molecule has 2 N–H and O–H groups in total. The van der Waals surface area contributed by atoms with Crippen molar-refractivity contribution in [2.45, 2.75) is 96.8 Å². The van der Waals surface area contributed by atoms with Crippen molar-refractivity contribution < 1.29 is 29.3 Å². The summed E-state index contributed by atoms with van der Waals surface area (Å²) in [6.45, 7) is 8.66. The van der Waals surface area contributed by atoms with Gasteiger partial charge in [-0.2, -0.15) is 0 Å². The highest BCUT2D eigenvalue weighted by molar-refractivity contribution is 5.88. The van der Waals surface area contributed by atoms with Crippen molar-refractivity contribution in [1.82, 2.24) is 0 Å². The summed E-state index contributed by atoms with van der Waals surface area (Å²) in [4.78, 5) is 24.0. The van der Waals surface area contributed by atoms with E-state index < -0.39 is 25.2 Å². The quantitative estimate of drug-likeness (QED) is 0.157. The van der Waals surface area contributed by atoms with Crippen molar-refractivity contribution in [3.05, 3.63) is 24.3 Å². The average molecular weight is 507 g/mol. The molecule has 2 fully saturated rings. The summed E-state index contributed by atoms with van der Waals surface area (Å²) in [5, 5.41) is 18.2. The van der Waals surface area contributed by atoms with E-state index in [9.17, 15) is 9.59 Å². The van der Waals surface area contributed by atoms with E-state index in [1.165, 1.54) is 77.0 Å². The summed E-state index contributed by atoms with van der Waals surface area (Å²) in [5.41, 5.74) is 0.0272. The zero-order valence-corrected chi connectivity index (χ0v) is 22.6. The Kier molecular flexibility index (Phi) is 14.4. The van der Waals surface area contributed by atoms with Crippen LogP contribution in [0.5, 0.6) is 0 Å². The summed E-state index contributed by atoms with van der Waals surface area (Å²) in [6.07, 6.45) is 18.2. The van der Waals surface area contributed by atoms with Crippen LogP contribution in [0, 0.1) is 29.6 Å². The number of carbonyl (C=O) groups excluding carboxylic acids is 2. The van der Waals surface area contributed by atoms with Gasteiger partial charge in [0.1, 0.15) is 0 Å². The van der Waals surface area contributed by atoms with Crippen LogP contribution in [-0.2, 0) is 19.1 Å². The third-order valence-corrected chi connectivity index (χ3v) is 8.57. The molecule has 2 rings (SSSR count). The number of esters is 2. The molecule has 0 unspecified atom stereocenters. The van der Waals surface area contributed by atoms with Crippen molar-refractivity contribution in [2.75, 3.05) is 26.4 Å². The second kappa shape index (κ2) is 17.0. The van der Waals surface area contributed by atoms with E-state index in [2.05, 4.69) is 20.1 Å². The van der Waals surface area contributed by atoms with E-state index in [0.717, 1.165) is 30.6 Å². The van der Waals surface area contributed by atoms with Crippen LogP contribution in [0.4, 0.5) is 0 Å². The lowest BCUT2D eigenvalue weighted by Crippen LogP contribution is -2.33. The zero-order valence-electron chi connectivity index (χ0n) is 22.6. The van der Waals surface area contributed by atoms with Crippen LogP contribution in [0.25, 0.3) is 0 Å². The van der Waals surface area contributed by atoms with Crippen molar-refractivity contribution in [2.24, 2.45) is 29.6 Å². The molecule has 0 aromatic carbocycles. The molecule has 0 aromatic heterocycles. The van der Waals surface area contributed by atoms with Gasteiger partial charge in [-0.25, -0.2) is 9.59 Å². The van der Waals surface area contributed by atoms with Gasteiger partial charge in [0.2, 0.25) is 0 Å². The summed E-state index contributed by atoms with van der Waals surface area (Å²) in [7, 11) is 0. The molecule has 0 heterocycles. The van der Waals surface area contributed by atoms with Crippen molar-refractivity contribution in [3.8, 4) is 0 Å². The number of hydrogen-bond acceptors (Lipinski definition) is 6. The Morgan fingerprint density at radius 3 is 1.69 bits per heavy atom. The lowest BCUT2D eigenvalue weighted by atomic mass is 9.67. The molecule has 0 spiro atoms. The molecule has 2 aliphatic carbocycles. The Balaban J connectivity index is 1.80. The smallest absolute Gasteiger partial charge is 0.335 e. The topological polar surface area (TPSA) is 93.1 Å². The molecule has 2 saturated carbocycles. The van der Waals surface area contributed by atoms with Crippen LogP contribution in [0.15, 0.2) is 24.3 Å². The fourth-order valence-electron chi connectivity index (χ4n) is 6.09. The third-order valence-electron chi connectivity index (χ3n) is 8.57. The molecular formula is C30H50O6. The lowest BCUT2D eigenvalue weighted by Gasteiger charge is -2.39. The fraction of sp³-hybridized carbons (Fsp3) is 0.800. The first-order chi connectivity index (χ1) is 17.4. The number of hydrogen-bond donors (Lipinski definition) is 2. The average Bonchev–Trinajstić information content (AvgIpc) is 2.92. The zero-order chi connectivity index (χ0) is 26.3. The lowest BCUT2D eigenvalue weighted by molar-refractivity contribution is -0.146. The van der Waals surface area contributed by atoms with Crippen molar-refractivity contribution in [3.63, 3.8) is 0 Å². The minimum Gasteiger partial charge on any atom is -0.462 e. The van der Waals surface area contributed by atoms with Gasteiger partial charge in [-0.15, -0.1) is 0 Å². The Labute approximate surface area is 218 Å². The molecule has 6 nitrogen and oxygen atoms in total. The van der Waals surface area contributed by atoms with Crippen LogP contribution in [0.3, 0.4) is 0 Å². The minimum absolute atomic E-state index is 0.0136. The molecule has 0 aliphatic heterocycles. The minimum atomic E-state index is -0.621. The normalized spacial score (nSPS) is 24.3. The van der Waals surface area contributed by atoms with Gasteiger partial charge < -0.3 is 19.7 Å². The maximum absolute atomic E-state index is 12.0. The number of aliphatic hydroxyl groups excluding tert-OH is 2. The number of ether oxygens (including phenoxy) is 2. The maximum atomic E-state index is 12.0. The van der Waals surface area contributed by atoms with Gasteiger partial charge in [-0.05, 0) is 62.2 Å². The third kappa shape index (κ3) is 10.4. The Hall–Kier alpha value is -1.66. The van der Waals surface area contributed by atoms with Crippen LogP contribution in [-0.4, -0.2) is 48.6 Å². The molecule has 0 atom stereocenters. The van der Waals surface area contributed by atoms with Gasteiger partial charge in [0.15, 0.2) is 0 Å². The predicted molar refractivity (Wildman–Crippen MR) is 142 cm³/mol. The predicted octanol–water partition coefficient (Wildman–Crippen LogP) is 5.76. The van der Waals surface area contributed by atoms with Gasteiger partial charge in [0.25, 0.3) is 0 Å². The van der Waals surface area contributed by atoms with Crippen LogP contribution >= 0.6 is 0 Å². The van der Waals surface area contributed by atoms with Gasteiger partial charge in [-0.1, -0.05) is 71.4 Å². The van der Waals surface area contributed by atoms with Crippen LogP contribution in [0.1, 0.15) is 96.8 Å². The molecule has 0 amide bonds. The van der Waals surface area contributed by atoms with Gasteiger partial charge in [-0.3, -0.25) is 0 Å². The van der Waals surface area contributed by atoms with E-state index in [1.807, 2.05) is 0 Å². The maximum Gasteiger partial charge on any atom is 0.335 e. The van der Waals surface area contributed by atoms with E-state index >= 15 is 0 Å². The summed E-state index contributed by atoms with van der Waals surface area (Å²) >= 11 is 0.